The Kier molecular flexibility index (Phi) is 2.00. The lowest BCUT2D eigenvalue weighted by Gasteiger charge is -1.86. The molecule has 0 radical (unpaired) electrons. The maximum Gasteiger partial charge on any atom is 0.211 e. The summed E-state index contributed by atoms with van der Waals surface area (Å²) >= 11 is 3.53. The summed E-state index contributed by atoms with van der Waals surface area (Å²) in [5.74, 6) is 0. The molecule has 1 rings (SSSR count). The first-order valence-electron chi connectivity index (χ1n) is 2.77. The molecule has 0 atom stereocenters. The van der Waals surface area contributed by atoms with Gasteiger partial charge in [-0.15, -0.1) is 0 Å². The molecular weight excluding hydrogens is 108 g/mol. The first-order valence-corrected chi connectivity index (χ1v) is 3.25. The van der Waals surface area contributed by atoms with Crippen molar-refractivity contribution < 1.29 is 5.11 Å². The molecule has 0 bridgehead atoms. The fourth-order valence-electron chi connectivity index (χ4n) is 0.176. The van der Waals surface area contributed by atoms with E-state index in [1.165, 1.54) is 0 Å². The summed E-state index contributed by atoms with van der Waals surface area (Å²) in [6.07, 6.45) is 3.83. The number of thiol groups is 1. The average Bonchev–Trinajstić information content (AvgIpc) is 2.55. The average molecular weight is 122 g/mol. The van der Waals surface area contributed by atoms with Crippen LogP contribution in [0.15, 0.2) is 0 Å². The van der Waals surface area contributed by atoms with Gasteiger partial charge in [-0.05, 0) is 26.0 Å². The van der Waals surface area contributed by atoms with E-state index in [1.54, 1.807) is 6.26 Å². The van der Waals surface area contributed by atoms with Gasteiger partial charge in [0.1, 0.15) is 0 Å². The van der Waals surface area contributed by atoms with Crippen LogP contribution in [0, 0.1) is 0 Å². The second kappa shape index (κ2) is 2.58. The van der Waals surface area contributed by atoms with Crippen molar-refractivity contribution in [3.8, 4) is 0 Å². The van der Waals surface area contributed by atoms with Crippen LogP contribution in [-0.2, 0) is 0 Å². The van der Waals surface area contributed by atoms with Crippen molar-refractivity contribution in [2.45, 2.75) is 25.4 Å². The zero-order valence-electron chi connectivity index (χ0n) is 5.77. The van der Waals surface area contributed by atoms with Gasteiger partial charge in [0.2, 0.25) is 1.43 Å². The Hall–Kier alpha value is 0.310. The molecule has 0 saturated heterocycles. The van der Waals surface area contributed by atoms with E-state index < -0.39 is 0 Å². The van der Waals surface area contributed by atoms with Crippen LogP contribution in [-0.4, -0.2) is 18.4 Å². The van der Waals surface area contributed by atoms with Crippen LogP contribution >= 0.6 is 12.6 Å². The highest BCUT2D eigenvalue weighted by Gasteiger charge is 2.33. The summed E-state index contributed by atoms with van der Waals surface area (Å²) in [7, 11) is 0. The van der Waals surface area contributed by atoms with Crippen LogP contribution < -0.4 is 0 Å². The van der Waals surface area contributed by atoms with Crippen molar-refractivity contribution in [2.24, 2.45) is 0 Å². The molecule has 2 heteroatoms. The van der Waals surface area contributed by atoms with Gasteiger partial charge in [-0.25, -0.2) is 0 Å². The monoisotopic (exact) mass is 122 g/mol. The third-order valence-electron chi connectivity index (χ3n) is 0.954. The minimum absolute atomic E-state index is 0.0417. The standard InChI is InChI=1S/C4H8O.CH4S/c1-4(5)2-3-4;1-2/h5H,2-3H2,1H3;2H,1H3/i5T;. The van der Waals surface area contributed by atoms with Crippen molar-refractivity contribution >= 4 is 12.6 Å². The Morgan fingerprint density at radius 1 is 1.71 bits per heavy atom. The lowest BCUT2D eigenvalue weighted by molar-refractivity contribution is 0.172. The van der Waals surface area contributed by atoms with Gasteiger partial charge in [0.15, 0.2) is 0 Å². The predicted octanol–water partition coefficient (Wildman–Crippen LogP) is 1.08. The van der Waals surface area contributed by atoms with Gasteiger partial charge in [0, 0.05) is 0 Å². The molecule has 1 aliphatic carbocycles. The molecule has 7 heavy (non-hydrogen) atoms. The van der Waals surface area contributed by atoms with Crippen LogP contribution in [0.3, 0.4) is 0 Å². The van der Waals surface area contributed by atoms with Crippen LogP contribution in [0.5, 0.6) is 0 Å². The fraction of sp³-hybridized carbons (Fsp3) is 1.00. The van der Waals surface area contributed by atoms with E-state index in [9.17, 15) is 0 Å². The van der Waals surface area contributed by atoms with Crippen LogP contribution in [0.2, 0.25) is 0 Å². The fourth-order valence-corrected chi connectivity index (χ4v) is 0.176. The predicted molar refractivity (Wildman–Crippen MR) is 34.8 cm³/mol. The summed E-state index contributed by atoms with van der Waals surface area (Å²) in [4.78, 5) is 0. The Labute approximate surface area is 51.6 Å². The summed E-state index contributed by atoms with van der Waals surface area (Å²) in [6.45, 7) is 1.94. The molecule has 0 heterocycles. The number of aliphatic hydroxyl groups is 1. The molecule has 0 aromatic carbocycles. The zero-order valence-corrected chi connectivity index (χ0v) is 5.66. The highest BCUT2D eigenvalue weighted by atomic mass is 32.1. The van der Waals surface area contributed by atoms with Crippen molar-refractivity contribution in [3.63, 3.8) is 0 Å². The van der Waals surface area contributed by atoms with Crippen LogP contribution in [0.4, 0.5) is 0 Å². The SMILES string of the molecule is CS.[3H]OC1(C)CC1. The van der Waals surface area contributed by atoms with E-state index in [0.717, 1.165) is 12.8 Å². The minimum atomic E-state index is -0.0417. The van der Waals surface area contributed by atoms with E-state index in [4.69, 9.17) is 1.43 Å². The quantitative estimate of drug-likeness (QED) is 0.499. The highest BCUT2D eigenvalue weighted by molar-refractivity contribution is 7.79. The Morgan fingerprint density at radius 2 is 2.14 bits per heavy atom. The minimum Gasteiger partial charge on any atom is -0.390 e. The number of rotatable bonds is 1. The van der Waals surface area contributed by atoms with Gasteiger partial charge < -0.3 is 5.11 Å². The second-order valence-corrected chi connectivity index (χ2v) is 1.95. The van der Waals surface area contributed by atoms with E-state index in [-0.39, 0.29) is 5.60 Å². The molecule has 1 nitrogen and oxygen atoms in total. The molecule has 1 fully saturated rings. The highest BCUT2D eigenvalue weighted by Crippen LogP contribution is 2.33. The second-order valence-electron chi connectivity index (χ2n) is 1.95. The largest absolute Gasteiger partial charge is 0.390 e. The van der Waals surface area contributed by atoms with E-state index in [0.29, 0.717) is 0 Å². The number of hydrogen-bond acceptors (Lipinski definition) is 2. The summed E-state index contributed by atoms with van der Waals surface area (Å²) in [6, 6.07) is 0. The van der Waals surface area contributed by atoms with Gasteiger partial charge in [-0.3, -0.25) is 0 Å². The van der Waals surface area contributed by atoms with E-state index >= 15 is 0 Å². The van der Waals surface area contributed by atoms with Crippen molar-refractivity contribution in [3.05, 3.63) is 0 Å². The maximum atomic E-state index is 6.42. The lowest BCUT2D eigenvalue weighted by atomic mass is 10.4. The lowest BCUT2D eigenvalue weighted by Crippen LogP contribution is -1.94. The first-order chi connectivity index (χ1) is 3.77. The third-order valence-corrected chi connectivity index (χ3v) is 0.954. The summed E-state index contributed by atoms with van der Waals surface area (Å²) in [5.41, 5.74) is -0.0417. The Morgan fingerprint density at radius 3 is 2.14 bits per heavy atom. The summed E-state index contributed by atoms with van der Waals surface area (Å²) < 4.78 is 6.42. The molecule has 1 aliphatic rings. The number of hydrogen-bond donors (Lipinski definition) is 2. The Balaban J connectivity index is 0.000000222. The normalized spacial score (nSPS) is 24.1. The smallest absolute Gasteiger partial charge is 0.211 e. The van der Waals surface area contributed by atoms with Gasteiger partial charge in [0.25, 0.3) is 0 Å². The third kappa shape index (κ3) is 4.16. The van der Waals surface area contributed by atoms with E-state index in [1.807, 2.05) is 6.92 Å². The van der Waals surface area contributed by atoms with Gasteiger partial charge in [-0.1, -0.05) is 0 Å². The van der Waals surface area contributed by atoms with Gasteiger partial charge in [-0.2, -0.15) is 12.6 Å². The van der Waals surface area contributed by atoms with Crippen molar-refractivity contribution in [1.82, 2.24) is 0 Å². The molecule has 0 aliphatic heterocycles. The summed E-state index contributed by atoms with van der Waals surface area (Å²) in [5, 5.41) is 4.30. The molecule has 0 spiro atoms. The van der Waals surface area contributed by atoms with Crippen LogP contribution in [0.25, 0.3) is 0 Å². The zero-order chi connectivity index (χ0) is 6.62. The topological polar surface area (TPSA) is 20.2 Å². The molecule has 0 aromatic rings. The van der Waals surface area contributed by atoms with Crippen molar-refractivity contribution in [2.75, 3.05) is 6.26 Å². The van der Waals surface area contributed by atoms with Crippen LogP contribution in [0.1, 0.15) is 19.8 Å². The molecule has 0 amide bonds. The van der Waals surface area contributed by atoms with Crippen molar-refractivity contribution in [1.29, 1.82) is 1.43 Å². The molecule has 1 N–H and O–H groups in total. The molecule has 1 saturated carbocycles. The van der Waals surface area contributed by atoms with Gasteiger partial charge in [0.05, 0.1) is 5.60 Å². The maximum absolute atomic E-state index is 6.42. The first kappa shape index (κ1) is 5.45. The molecule has 0 unspecified atom stereocenters. The molecule has 0 aromatic heterocycles. The molecular formula is C5H12OS. The van der Waals surface area contributed by atoms with Gasteiger partial charge >= 0.3 is 0 Å². The van der Waals surface area contributed by atoms with E-state index in [2.05, 4.69) is 17.7 Å². The molecule has 44 valence electrons. The Bertz CT molecular complexity index is 63.4.